The number of methoxy groups -OCH3 is 1. The lowest BCUT2D eigenvalue weighted by Gasteiger charge is -1.94. The van der Waals surface area contributed by atoms with Crippen molar-refractivity contribution in [3.8, 4) is 0 Å². The Kier molecular flexibility index (Phi) is 19.2. The molecule has 0 aliphatic heterocycles. The Morgan fingerprint density at radius 3 is 1.83 bits per heavy atom. The molecule has 2 nitrogen and oxygen atoms in total. The summed E-state index contributed by atoms with van der Waals surface area (Å²) in [5.74, 6) is 0. The molecule has 0 radical (unpaired) electrons. The van der Waals surface area contributed by atoms with Crippen molar-refractivity contribution in [3.63, 3.8) is 0 Å². The molecule has 0 fully saturated rings. The van der Waals surface area contributed by atoms with E-state index in [1.54, 1.807) is 7.11 Å². The van der Waals surface area contributed by atoms with E-state index >= 15 is 0 Å². The van der Waals surface area contributed by atoms with Crippen LogP contribution in [0.3, 0.4) is 0 Å². The minimum Gasteiger partial charge on any atom is -0.392 e. The van der Waals surface area contributed by atoms with Crippen LogP contribution in [0.4, 0.5) is 0 Å². The molecule has 0 bridgehead atoms. The molecule has 0 heterocycles. The summed E-state index contributed by atoms with van der Waals surface area (Å²) in [6.07, 6.45) is 1.41. The molecule has 0 spiro atoms. The lowest BCUT2D eigenvalue weighted by Crippen LogP contribution is -2.01. The highest BCUT2D eigenvalue weighted by molar-refractivity contribution is 4.86. The van der Waals surface area contributed by atoms with Gasteiger partial charge in [0.15, 0.2) is 0 Å². The van der Waals surface area contributed by atoms with Gasteiger partial charge in [-0.2, -0.15) is 0 Å². The van der Waals surface area contributed by atoms with Gasteiger partial charge in [0.05, 0.1) is 6.10 Å². The standard InChI is InChI=1S/C5H11N.C4H10O.CH4/c1-4-5(2)6-3;1-4(2)5-3;/h6H,2,4H2,1,3H3;4H,1-3H3;1H4. The van der Waals surface area contributed by atoms with Gasteiger partial charge in [-0.25, -0.2) is 0 Å². The third kappa shape index (κ3) is 22.7. The van der Waals surface area contributed by atoms with Crippen molar-refractivity contribution in [1.29, 1.82) is 0 Å². The quantitative estimate of drug-likeness (QED) is 0.712. The molecule has 0 aromatic rings. The van der Waals surface area contributed by atoms with E-state index in [0.29, 0.717) is 6.10 Å². The van der Waals surface area contributed by atoms with E-state index in [1.165, 1.54) is 0 Å². The Bertz CT molecular complexity index is 83.8. The van der Waals surface area contributed by atoms with E-state index in [9.17, 15) is 0 Å². The molecular formula is C10H25NO. The number of hydrogen-bond acceptors (Lipinski definition) is 2. The van der Waals surface area contributed by atoms with E-state index in [0.717, 1.165) is 12.1 Å². The second-order valence-electron chi connectivity index (χ2n) is 2.49. The summed E-state index contributed by atoms with van der Waals surface area (Å²) in [4.78, 5) is 0. The van der Waals surface area contributed by atoms with Crippen LogP contribution in [0.5, 0.6) is 0 Å². The lowest BCUT2D eigenvalue weighted by molar-refractivity contribution is 0.134. The maximum absolute atomic E-state index is 4.75. The number of rotatable bonds is 3. The second-order valence-corrected chi connectivity index (χ2v) is 2.49. The molecule has 0 unspecified atom stereocenters. The van der Waals surface area contributed by atoms with Crippen LogP contribution in [-0.4, -0.2) is 20.3 Å². The minimum atomic E-state index is 0. The Morgan fingerprint density at radius 1 is 1.50 bits per heavy atom. The number of ether oxygens (including phenoxy) is 1. The summed E-state index contributed by atoms with van der Waals surface area (Å²) in [6.45, 7) is 9.75. The largest absolute Gasteiger partial charge is 0.392 e. The Labute approximate surface area is 78.0 Å². The van der Waals surface area contributed by atoms with E-state index in [2.05, 4.69) is 18.8 Å². The first kappa shape index (κ1) is 17.5. The molecule has 0 aromatic carbocycles. The summed E-state index contributed by atoms with van der Waals surface area (Å²) in [6, 6.07) is 0. The van der Waals surface area contributed by atoms with Gasteiger partial charge in [0.2, 0.25) is 0 Å². The maximum atomic E-state index is 4.75. The van der Waals surface area contributed by atoms with Gasteiger partial charge in [-0.3, -0.25) is 0 Å². The maximum Gasteiger partial charge on any atom is 0.0515 e. The van der Waals surface area contributed by atoms with E-state index in [1.807, 2.05) is 20.9 Å². The molecular weight excluding hydrogens is 150 g/mol. The molecule has 0 aliphatic rings. The summed E-state index contributed by atoms with van der Waals surface area (Å²) >= 11 is 0. The van der Waals surface area contributed by atoms with Gasteiger partial charge in [-0.1, -0.05) is 20.9 Å². The van der Waals surface area contributed by atoms with Crippen LogP contribution in [0.15, 0.2) is 12.3 Å². The fourth-order valence-corrected chi connectivity index (χ4v) is 0.177. The molecule has 76 valence electrons. The van der Waals surface area contributed by atoms with Crippen molar-refractivity contribution in [2.24, 2.45) is 0 Å². The van der Waals surface area contributed by atoms with Crippen molar-refractivity contribution in [2.45, 2.75) is 40.7 Å². The predicted molar refractivity (Wildman–Crippen MR) is 57.4 cm³/mol. The van der Waals surface area contributed by atoms with Gasteiger partial charge in [0.25, 0.3) is 0 Å². The highest BCUT2D eigenvalue weighted by Gasteiger charge is 1.78. The highest BCUT2D eigenvalue weighted by Crippen LogP contribution is 1.84. The van der Waals surface area contributed by atoms with Crippen molar-refractivity contribution < 1.29 is 4.74 Å². The summed E-state index contributed by atoms with van der Waals surface area (Å²) in [7, 11) is 3.58. The monoisotopic (exact) mass is 175 g/mol. The zero-order valence-corrected chi connectivity index (χ0v) is 8.40. The Balaban J connectivity index is -0.000000126. The fraction of sp³-hybridized carbons (Fsp3) is 0.800. The Hall–Kier alpha value is -0.500. The van der Waals surface area contributed by atoms with Crippen LogP contribution < -0.4 is 5.32 Å². The molecule has 0 rings (SSSR count). The van der Waals surface area contributed by atoms with Crippen LogP contribution in [0.2, 0.25) is 0 Å². The van der Waals surface area contributed by atoms with E-state index in [4.69, 9.17) is 4.74 Å². The average Bonchev–Trinajstić information content (AvgIpc) is 2.04. The van der Waals surface area contributed by atoms with Crippen molar-refractivity contribution in [1.82, 2.24) is 5.32 Å². The number of nitrogens with one attached hydrogen (secondary N) is 1. The van der Waals surface area contributed by atoms with E-state index < -0.39 is 0 Å². The molecule has 0 amide bonds. The summed E-state index contributed by atoms with van der Waals surface area (Å²) in [5.41, 5.74) is 1.09. The van der Waals surface area contributed by atoms with Crippen LogP contribution >= 0.6 is 0 Å². The molecule has 0 saturated carbocycles. The minimum absolute atomic E-state index is 0. The van der Waals surface area contributed by atoms with Crippen LogP contribution in [-0.2, 0) is 4.74 Å². The first-order valence-electron chi connectivity index (χ1n) is 3.96. The summed E-state index contributed by atoms with van der Waals surface area (Å²) < 4.78 is 4.75. The third-order valence-corrected chi connectivity index (χ3v) is 1.25. The van der Waals surface area contributed by atoms with Crippen LogP contribution in [0, 0.1) is 0 Å². The van der Waals surface area contributed by atoms with Gasteiger partial charge in [0, 0.05) is 19.9 Å². The Morgan fingerprint density at radius 2 is 1.83 bits per heavy atom. The molecule has 0 saturated heterocycles. The lowest BCUT2D eigenvalue weighted by atomic mass is 10.4. The normalized spacial score (nSPS) is 7.83. The smallest absolute Gasteiger partial charge is 0.0515 e. The zero-order chi connectivity index (χ0) is 9.28. The zero-order valence-electron chi connectivity index (χ0n) is 8.40. The van der Waals surface area contributed by atoms with Crippen molar-refractivity contribution in [3.05, 3.63) is 12.3 Å². The molecule has 0 aromatic heterocycles. The molecule has 1 N–H and O–H groups in total. The second kappa shape index (κ2) is 13.1. The summed E-state index contributed by atoms with van der Waals surface area (Å²) in [5, 5.41) is 2.92. The fourth-order valence-electron chi connectivity index (χ4n) is 0.177. The van der Waals surface area contributed by atoms with Crippen LogP contribution in [0.25, 0.3) is 0 Å². The molecule has 0 atom stereocenters. The van der Waals surface area contributed by atoms with Crippen molar-refractivity contribution >= 4 is 0 Å². The topological polar surface area (TPSA) is 21.3 Å². The first-order valence-corrected chi connectivity index (χ1v) is 3.96. The van der Waals surface area contributed by atoms with Gasteiger partial charge >= 0.3 is 0 Å². The molecule has 12 heavy (non-hydrogen) atoms. The van der Waals surface area contributed by atoms with Gasteiger partial charge in [0.1, 0.15) is 0 Å². The van der Waals surface area contributed by atoms with Gasteiger partial charge < -0.3 is 10.1 Å². The van der Waals surface area contributed by atoms with Crippen LogP contribution in [0.1, 0.15) is 34.6 Å². The predicted octanol–water partition coefficient (Wildman–Crippen LogP) is 2.81. The molecule has 0 aliphatic carbocycles. The molecule has 2 heteroatoms. The van der Waals surface area contributed by atoms with E-state index in [-0.39, 0.29) is 7.43 Å². The first-order chi connectivity index (χ1) is 5.08. The number of allylic oxidation sites excluding steroid dienone is 1. The highest BCUT2D eigenvalue weighted by atomic mass is 16.5. The number of hydrogen-bond donors (Lipinski definition) is 1. The van der Waals surface area contributed by atoms with Gasteiger partial charge in [-0.05, 0) is 20.3 Å². The third-order valence-electron chi connectivity index (χ3n) is 1.25. The average molecular weight is 175 g/mol. The van der Waals surface area contributed by atoms with Gasteiger partial charge in [-0.15, -0.1) is 0 Å². The SMILES string of the molecule is C.C=C(CC)NC.COC(C)C. The van der Waals surface area contributed by atoms with Crippen molar-refractivity contribution in [2.75, 3.05) is 14.2 Å².